The molecule has 2 N–H and O–H groups in total. The number of nitrogens with two attached hydrogens (primary N) is 1. The van der Waals surface area contributed by atoms with Gasteiger partial charge in [-0.3, -0.25) is 4.68 Å². The molecule has 1 saturated heterocycles. The molecule has 3 rings (SSSR count). The maximum Gasteiger partial charge on any atom is 0.158 e. The first kappa shape index (κ1) is 10.6. The van der Waals surface area contributed by atoms with Gasteiger partial charge in [0.1, 0.15) is 0 Å². The molecule has 4 nitrogen and oxygen atoms in total. The summed E-state index contributed by atoms with van der Waals surface area (Å²) in [6.07, 6.45) is 2.29. The van der Waals surface area contributed by atoms with Crippen molar-refractivity contribution in [2.75, 3.05) is 18.0 Å². The van der Waals surface area contributed by atoms with Gasteiger partial charge in [-0.1, -0.05) is 12.1 Å². The summed E-state index contributed by atoms with van der Waals surface area (Å²) < 4.78 is 1.95. The number of para-hydroxylation sites is 1. The number of fused-ring (bicyclic) bond motifs is 1. The molecule has 0 spiro atoms. The summed E-state index contributed by atoms with van der Waals surface area (Å²) in [4.78, 5) is 2.32. The molecule has 1 unspecified atom stereocenters. The van der Waals surface area contributed by atoms with Gasteiger partial charge in [0.2, 0.25) is 0 Å². The minimum atomic E-state index is 0.282. The summed E-state index contributed by atoms with van der Waals surface area (Å²) in [6.45, 7) is 1.98. The van der Waals surface area contributed by atoms with Gasteiger partial charge in [-0.2, -0.15) is 5.10 Å². The molecule has 1 aromatic carbocycles. The Labute approximate surface area is 101 Å². The zero-order chi connectivity index (χ0) is 11.8. The van der Waals surface area contributed by atoms with E-state index >= 15 is 0 Å². The predicted octanol–water partition coefficient (Wildman–Crippen LogP) is 1.50. The van der Waals surface area contributed by atoms with Crippen molar-refractivity contribution < 1.29 is 0 Å². The maximum absolute atomic E-state index is 6.04. The lowest BCUT2D eigenvalue weighted by atomic mass is 10.1. The summed E-state index contributed by atoms with van der Waals surface area (Å²) in [5, 5.41) is 5.86. The van der Waals surface area contributed by atoms with Crippen molar-refractivity contribution in [3.05, 3.63) is 24.3 Å². The quantitative estimate of drug-likeness (QED) is 0.807. The van der Waals surface area contributed by atoms with E-state index in [1.807, 2.05) is 11.7 Å². The average molecular weight is 230 g/mol. The van der Waals surface area contributed by atoms with Crippen LogP contribution in [0.1, 0.15) is 12.8 Å². The van der Waals surface area contributed by atoms with Gasteiger partial charge < -0.3 is 10.6 Å². The van der Waals surface area contributed by atoms with E-state index in [1.54, 1.807) is 0 Å². The SMILES string of the molecule is Cn1nc(N2CCCC(N)C2)c2ccccc21. The van der Waals surface area contributed by atoms with E-state index in [4.69, 9.17) is 5.73 Å². The van der Waals surface area contributed by atoms with E-state index in [-0.39, 0.29) is 6.04 Å². The van der Waals surface area contributed by atoms with Crippen LogP contribution in [0, 0.1) is 0 Å². The first-order valence-electron chi connectivity index (χ1n) is 6.18. The van der Waals surface area contributed by atoms with Gasteiger partial charge in [0.25, 0.3) is 0 Å². The smallest absolute Gasteiger partial charge is 0.158 e. The molecule has 0 radical (unpaired) electrons. The van der Waals surface area contributed by atoms with E-state index < -0.39 is 0 Å². The Balaban J connectivity index is 2.05. The van der Waals surface area contributed by atoms with Gasteiger partial charge in [0.05, 0.1) is 5.52 Å². The zero-order valence-corrected chi connectivity index (χ0v) is 10.1. The highest BCUT2D eigenvalue weighted by Crippen LogP contribution is 2.27. The summed E-state index contributed by atoms with van der Waals surface area (Å²) >= 11 is 0. The molecule has 1 fully saturated rings. The molecule has 0 aliphatic carbocycles. The van der Waals surface area contributed by atoms with Gasteiger partial charge in [0, 0.05) is 31.6 Å². The first-order chi connectivity index (χ1) is 8.25. The number of hydrogen-bond donors (Lipinski definition) is 1. The number of aryl methyl sites for hydroxylation is 1. The first-order valence-corrected chi connectivity index (χ1v) is 6.18. The number of anilines is 1. The second-order valence-electron chi connectivity index (χ2n) is 4.81. The van der Waals surface area contributed by atoms with E-state index in [0.29, 0.717) is 0 Å². The highest BCUT2D eigenvalue weighted by atomic mass is 15.3. The van der Waals surface area contributed by atoms with Crippen molar-refractivity contribution in [3.8, 4) is 0 Å². The van der Waals surface area contributed by atoms with Gasteiger partial charge in [-0.15, -0.1) is 0 Å². The van der Waals surface area contributed by atoms with E-state index in [2.05, 4.69) is 34.3 Å². The molecule has 0 bridgehead atoms. The molecule has 1 atom stereocenters. The molecule has 4 heteroatoms. The Morgan fingerprint density at radius 3 is 3.00 bits per heavy atom. The normalized spacial score (nSPS) is 21.1. The molecule has 90 valence electrons. The van der Waals surface area contributed by atoms with Gasteiger partial charge in [0.15, 0.2) is 5.82 Å². The number of nitrogens with zero attached hydrogens (tertiary/aromatic N) is 3. The molecule has 1 aliphatic heterocycles. The molecule has 2 heterocycles. The van der Waals surface area contributed by atoms with E-state index in [1.165, 1.54) is 10.9 Å². The van der Waals surface area contributed by atoms with Crippen LogP contribution in [0.15, 0.2) is 24.3 Å². The Morgan fingerprint density at radius 2 is 2.18 bits per heavy atom. The Hall–Kier alpha value is -1.55. The number of aromatic nitrogens is 2. The Bertz CT molecular complexity index is 531. The molecule has 2 aromatic rings. The van der Waals surface area contributed by atoms with Crippen LogP contribution in [-0.2, 0) is 7.05 Å². The molecule has 0 amide bonds. The minimum Gasteiger partial charge on any atom is -0.353 e. The van der Waals surface area contributed by atoms with E-state index in [9.17, 15) is 0 Å². The average Bonchev–Trinajstić information content (AvgIpc) is 2.68. The monoisotopic (exact) mass is 230 g/mol. The van der Waals surface area contributed by atoms with Gasteiger partial charge in [-0.25, -0.2) is 0 Å². The van der Waals surface area contributed by atoms with Crippen LogP contribution >= 0.6 is 0 Å². The fourth-order valence-corrected chi connectivity index (χ4v) is 2.63. The third kappa shape index (κ3) is 1.78. The Morgan fingerprint density at radius 1 is 1.35 bits per heavy atom. The fraction of sp³-hybridized carbons (Fsp3) is 0.462. The highest BCUT2D eigenvalue weighted by molar-refractivity contribution is 5.90. The van der Waals surface area contributed by atoms with Crippen LogP contribution in [0.5, 0.6) is 0 Å². The topological polar surface area (TPSA) is 47.1 Å². The molecular weight excluding hydrogens is 212 g/mol. The number of hydrogen-bond acceptors (Lipinski definition) is 3. The third-order valence-corrected chi connectivity index (χ3v) is 3.50. The predicted molar refractivity (Wildman–Crippen MR) is 70.1 cm³/mol. The van der Waals surface area contributed by atoms with Gasteiger partial charge in [-0.05, 0) is 25.0 Å². The maximum atomic E-state index is 6.04. The Kier molecular flexibility index (Phi) is 2.52. The fourth-order valence-electron chi connectivity index (χ4n) is 2.63. The van der Waals surface area contributed by atoms with Crippen LogP contribution in [-0.4, -0.2) is 28.9 Å². The molecule has 0 saturated carbocycles. The van der Waals surface area contributed by atoms with Crippen molar-refractivity contribution in [2.24, 2.45) is 12.8 Å². The number of benzene rings is 1. The van der Waals surface area contributed by atoms with Crippen molar-refractivity contribution in [3.63, 3.8) is 0 Å². The molecule has 1 aromatic heterocycles. The van der Waals surface area contributed by atoms with Crippen LogP contribution < -0.4 is 10.6 Å². The molecule has 17 heavy (non-hydrogen) atoms. The largest absolute Gasteiger partial charge is 0.353 e. The van der Waals surface area contributed by atoms with Crippen LogP contribution in [0.2, 0.25) is 0 Å². The number of piperidine rings is 1. The summed E-state index contributed by atoms with van der Waals surface area (Å²) in [5.41, 5.74) is 7.22. The van der Waals surface area contributed by atoms with Crippen LogP contribution in [0.4, 0.5) is 5.82 Å². The van der Waals surface area contributed by atoms with E-state index in [0.717, 1.165) is 31.7 Å². The molecular formula is C13H18N4. The lowest BCUT2D eigenvalue weighted by molar-refractivity contribution is 0.502. The van der Waals surface area contributed by atoms with Crippen LogP contribution in [0.3, 0.4) is 0 Å². The van der Waals surface area contributed by atoms with Gasteiger partial charge >= 0.3 is 0 Å². The lowest BCUT2D eigenvalue weighted by Gasteiger charge is -2.31. The minimum absolute atomic E-state index is 0.282. The number of rotatable bonds is 1. The third-order valence-electron chi connectivity index (χ3n) is 3.50. The van der Waals surface area contributed by atoms with Crippen molar-refractivity contribution >= 4 is 16.7 Å². The summed E-state index contributed by atoms with van der Waals surface area (Å²) in [6, 6.07) is 8.64. The standard InChI is InChI=1S/C13H18N4/c1-16-12-7-3-2-6-11(12)13(15-16)17-8-4-5-10(14)9-17/h2-3,6-7,10H,4-5,8-9,14H2,1H3. The summed E-state index contributed by atoms with van der Waals surface area (Å²) in [7, 11) is 2.00. The van der Waals surface area contributed by atoms with Crippen molar-refractivity contribution in [1.29, 1.82) is 0 Å². The second-order valence-corrected chi connectivity index (χ2v) is 4.81. The highest BCUT2D eigenvalue weighted by Gasteiger charge is 2.21. The lowest BCUT2D eigenvalue weighted by Crippen LogP contribution is -2.43. The second kappa shape index (κ2) is 4.04. The summed E-state index contributed by atoms with van der Waals surface area (Å²) in [5.74, 6) is 1.08. The molecule has 1 aliphatic rings. The van der Waals surface area contributed by atoms with Crippen molar-refractivity contribution in [1.82, 2.24) is 9.78 Å². The van der Waals surface area contributed by atoms with Crippen molar-refractivity contribution in [2.45, 2.75) is 18.9 Å². The van der Waals surface area contributed by atoms with Crippen LogP contribution in [0.25, 0.3) is 10.9 Å². The zero-order valence-electron chi connectivity index (χ0n) is 10.1.